The maximum Gasteiger partial charge on any atom is 0.234 e. The van der Waals surface area contributed by atoms with Crippen molar-refractivity contribution < 1.29 is 13.9 Å². The maximum absolute atomic E-state index is 13.0. The molecule has 1 N–H and O–H groups in total. The highest BCUT2D eigenvalue weighted by Gasteiger charge is 2.23. The van der Waals surface area contributed by atoms with Gasteiger partial charge in [0.05, 0.1) is 31.5 Å². The monoisotopic (exact) mass is 329 g/mol. The van der Waals surface area contributed by atoms with Gasteiger partial charge in [-0.05, 0) is 29.8 Å². The molecule has 0 unspecified atom stereocenters. The molecule has 0 radical (unpaired) electrons. The molecule has 0 aliphatic carbocycles. The molecule has 1 atom stereocenters. The molecular formula is C18H20FN3O2. The van der Waals surface area contributed by atoms with E-state index in [1.807, 2.05) is 23.1 Å². The van der Waals surface area contributed by atoms with Crippen LogP contribution >= 0.6 is 0 Å². The average Bonchev–Trinajstić information content (AvgIpc) is 2.62. The number of morpholine rings is 1. The van der Waals surface area contributed by atoms with E-state index >= 15 is 0 Å². The molecule has 2 aromatic rings. The van der Waals surface area contributed by atoms with E-state index in [-0.39, 0.29) is 17.8 Å². The average molecular weight is 329 g/mol. The molecule has 0 bridgehead atoms. The van der Waals surface area contributed by atoms with E-state index in [0.29, 0.717) is 32.8 Å². The van der Waals surface area contributed by atoms with Crippen molar-refractivity contribution in [1.29, 1.82) is 0 Å². The highest BCUT2D eigenvalue weighted by molar-refractivity contribution is 5.77. The van der Waals surface area contributed by atoms with Gasteiger partial charge in [0.25, 0.3) is 0 Å². The molecular weight excluding hydrogens is 309 g/mol. The van der Waals surface area contributed by atoms with Gasteiger partial charge in [-0.1, -0.05) is 18.2 Å². The van der Waals surface area contributed by atoms with Gasteiger partial charge in [-0.3, -0.25) is 14.7 Å². The van der Waals surface area contributed by atoms with E-state index in [1.54, 1.807) is 18.3 Å². The number of hydrogen-bond donors (Lipinski definition) is 1. The van der Waals surface area contributed by atoms with Gasteiger partial charge in [0.1, 0.15) is 5.82 Å². The fourth-order valence-corrected chi connectivity index (χ4v) is 2.68. The smallest absolute Gasteiger partial charge is 0.234 e. The van der Waals surface area contributed by atoms with Crippen LogP contribution in [0, 0.1) is 5.82 Å². The number of carbonyl (C=O) groups is 1. The second-order valence-electron chi connectivity index (χ2n) is 5.74. The molecule has 3 rings (SSSR count). The summed E-state index contributed by atoms with van der Waals surface area (Å²) in [5, 5.41) is 2.87. The van der Waals surface area contributed by atoms with Crippen molar-refractivity contribution in [2.45, 2.75) is 12.6 Å². The summed E-state index contributed by atoms with van der Waals surface area (Å²) in [4.78, 5) is 18.3. The van der Waals surface area contributed by atoms with Gasteiger partial charge in [-0.15, -0.1) is 0 Å². The number of hydrogen-bond acceptors (Lipinski definition) is 4. The van der Waals surface area contributed by atoms with Crippen LogP contribution in [0.2, 0.25) is 0 Å². The fourth-order valence-electron chi connectivity index (χ4n) is 2.68. The molecule has 0 spiro atoms. The first kappa shape index (κ1) is 16.5. The van der Waals surface area contributed by atoms with Crippen molar-refractivity contribution >= 4 is 5.91 Å². The van der Waals surface area contributed by atoms with Gasteiger partial charge in [-0.25, -0.2) is 4.39 Å². The maximum atomic E-state index is 13.0. The summed E-state index contributed by atoms with van der Waals surface area (Å²) in [6.45, 7) is 2.60. The van der Waals surface area contributed by atoms with Crippen LogP contribution in [-0.2, 0) is 16.1 Å². The van der Waals surface area contributed by atoms with Crippen molar-refractivity contribution in [3.63, 3.8) is 0 Å². The zero-order valence-electron chi connectivity index (χ0n) is 13.3. The normalized spacial score (nSPS) is 18.3. The van der Waals surface area contributed by atoms with Gasteiger partial charge in [-0.2, -0.15) is 0 Å². The predicted octanol–water partition coefficient (Wildman–Crippen LogP) is 1.91. The lowest BCUT2D eigenvalue weighted by Crippen LogP contribution is -2.44. The van der Waals surface area contributed by atoms with Gasteiger partial charge >= 0.3 is 0 Å². The number of rotatable bonds is 5. The summed E-state index contributed by atoms with van der Waals surface area (Å²) in [6, 6.07) is 11.9. The van der Waals surface area contributed by atoms with E-state index in [1.165, 1.54) is 12.1 Å². The van der Waals surface area contributed by atoms with Crippen molar-refractivity contribution in [3.8, 4) is 0 Å². The lowest BCUT2D eigenvalue weighted by Gasteiger charge is -2.32. The van der Waals surface area contributed by atoms with Crippen LogP contribution in [0.15, 0.2) is 48.7 Å². The molecule has 1 fully saturated rings. The Morgan fingerprint density at radius 2 is 2.12 bits per heavy atom. The molecule has 1 aromatic heterocycles. The number of aromatic nitrogens is 1. The fraction of sp³-hybridized carbons (Fsp3) is 0.333. The summed E-state index contributed by atoms with van der Waals surface area (Å²) in [7, 11) is 0. The van der Waals surface area contributed by atoms with Crippen molar-refractivity contribution in [2.75, 3.05) is 26.2 Å². The van der Waals surface area contributed by atoms with Crippen LogP contribution in [0.5, 0.6) is 0 Å². The Bertz CT molecular complexity index is 664. The highest BCUT2D eigenvalue weighted by atomic mass is 19.1. The van der Waals surface area contributed by atoms with E-state index < -0.39 is 0 Å². The summed E-state index contributed by atoms with van der Waals surface area (Å²) < 4.78 is 18.8. The largest absolute Gasteiger partial charge is 0.371 e. The third-order valence-corrected chi connectivity index (χ3v) is 3.95. The van der Waals surface area contributed by atoms with E-state index in [0.717, 1.165) is 11.3 Å². The minimum atomic E-state index is -0.264. The third kappa shape index (κ3) is 4.59. The zero-order chi connectivity index (χ0) is 16.8. The molecule has 1 aliphatic rings. The SMILES string of the molecule is O=C(CN1CCO[C@H](c2ccc(F)cc2)C1)NCc1ccccn1. The number of pyridine rings is 1. The molecule has 24 heavy (non-hydrogen) atoms. The molecule has 5 nitrogen and oxygen atoms in total. The Kier molecular flexibility index (Phi) is 5.51. The number of amides is 1. The summed E-state index contributed by atoms with van der Waals surface area (Å²) >= 11 is 0. The number of ether oxygens (including phenoxy) is 1. The molecule has 1 aromatic carbocycles. The molecule has 126 valence electrons. The van der Waals surface area contributed by atoms with E-state index in [2.05, 4.69) is 10.3 Å². The van der Waals surface area contributed by atoms with Gasteiger partial charge in [0.15, 0.2) is 0 Å². The molecule has 2 heterocycles. The first-order chi connectivity index (χ1) is 11.7. The van der Waals surface area contributed by atoms with Crippen LogP contribution < -0.4 is 5.32 Å². The number of carbonyl (C=O) groups excluding carboxylic acids is 1. The van der Waals surface area contributed by atoms with Crippen molar-refractivity contribution in [1.82, 2.24) is 15.2 Å². The van der Waals surface area contributed by atoms with Gasteiger partial charge in [0.2, 0.25) is 5.91 Å². The molecule has 0 saturated carbocycles. The lowest BCUT2D eigenvalue weighted by atomic mass is 10.1. The Balaban J connectivity index is 1.49. The third-order valence-electron chi connectivity index (χ3n) is 3.95. The molecule has 6 heteroatoms. The van der Waals surface area contributed by atoms with Crippen LogP contribution in [-0.4, -0.2) is 42.0 Å². The van der Waals surface area contributed by atoms with Crippen molar-refractivity contribution in [3.05, 3.63) is 65.7 Å². The minimum Gasteiger partial charge on any atom is -0.371 e. The summed E-state index contributed by atoms with van der Waals surface area (Å²) in [6.07, 6.45) is 1.57. The number of nitrogens with zero attached hydrogens (tertiary/aromatic N) is 2. The molecule has 1 saturated heterocycles. The summed E-state index contributed by atoms with van der Waals surface area (Å²) in [5.41, 5.74) is 1.76. The topological polar surface area (TPSA) is 54.5 Å². The van der Waals surface area contributed by atoms with Crippen molar-refractivity contribution in [2.24, 2.45) is 0 Å². The second-order valence-corrected chi connectivity index (χ2v) is 5.74. The summed E-state index contributed by atoms with van der Waals surface area (Å²) in [5.74, 6) is -0.305. The van der Waals surface area contributed by atoms with E-state index in [4.69, 9.17) is 4.74 Å². The zero-order valence-corrected chi connectivity index (χ0v) is 13.3. The molecule has 1 amide bonds. The Morgan fingerprint density at radius 1 is 1.29 bits per heavy atom. The standard InChI is InChI=1S/C18H20FN3O2/c19-15-6-4-14(5-7-15)17-12-22(9-10-24-17)13-18(23)21-11-16-3-1-2-8-20-16/h1-8,17H,9-13H2,(H,21,23)/t17-/m0/s1. The lowest BCUT2D eigenvalue weighted by molar-refractivity contribution is -0.124. The molecule has 1 aliphatic heterocycles. The van der Waals surface area contributed by atoms with Gasteiger partial charge in [0, 0.05) is 19.3 Å². The van der Waals surface area contributed by atoms with Gasteiger partial charge < -0.3 is 10.1 Å². The first-order valence-corrected chi connectivity index (χ1v) is 7.97. The quantitative estimate of drug-likeness (QED) is 0.910. The van der Waals surface area contributed by atoms with Crippen LogP contribution in [0.4, 0.5) is 4.39 Å². The van der Waals surface area contributed by atoms with Crippen LogP contribution in [0.3, 0.4) is 0 Å². The Labute approximate surface area is 140 Å². The van der Waals surface area contributed by atoms with Crippen LogP contribution in [0.1, 0.15) is 17.4 Å². The number of benzene rings is 1. The first-order valence-electron chi connectivity index (χ1n) is 7.97. The Morgan fingerprint density at radius 3 is 2.88 bits per heavy atom. The van der Waals surface area contributed by atoms with E-state index in [9.17, 15) is 9.18 Å². The second kappa shape index (κ2) is 7.99. The predicted molar refractivity (Wildman–Crippen MR) is 87.6 cm³/mol. The Hall–Kier alpha value is -2.31. The van der Waals surface area contributed by atoms with Crippen LogP contribution in [0.25, 0.3) is 0 Å². The highest BCUT2D eigenvalue weighted by Crippen LogP contribution is 2.22. The number of nitrogens with one attached hydrogen (secondary N) is 1. The number of halogens is 1. The minimum absolute atomic E-state index is 0.0413.